The van der Waals surface area contributed by atoms with E-state index < -0.39 is 0 Å². The maximum atomic E-state index is 13.2. The van der Waals surface area contributed by atoms with Crippen molar-refractivity contribution in [2.75, 3.05) is 13.1 Å². The molecule has 0 N–H and O–H groups in total. The zero-order chi connectivity index (χ0) is 21.9. The van der Waals surface area contributed by atoms with Crippen LogP contribution in [-0.2, 0) is 13.5 Å². The van der Waals surface area contributed by atoms with Gasteiger partial charge in [-0.1, -0.05) is 24.3 Å². The highest BCUT2D eigenvalue weighted by Gasteiger charge is 2.23. The van der Waals surface area contributed by atoms with Crippen molar-refractivity contribution >= 4 is 16.8 Å². The van der Waals surface area contributed by atoms with Gasteiger partial charge in [0.1, 0.15) is 0 Å². The van der Waals surface area contributed by atoms with Crippen molar-refractivity contribution in [2.45, 2.75) is 25.7 Å². The second-order valence-electron chi connectivity index (χ2n) is 8.62. The van der Waals surface area contributed by atoms with Crippen molar-refractivity contribution in [3.05, 3.63) is 78.4 Å². The number of amides is 1. The topological polar surface area (TPSA) is 63.9 Å². The molecule has 6 nitrogen and oxygen atoms in total. The molecule has 1 atom stereocenters. The van der Waals surface area contributed by atoms with E-state index >= 15 is 0 Å². The number of carbonyl (C=O) groups excluding carboxylic acids is 1. The van der Waals surface area contributed by atoms with Gasteiger partial charge in [-0.15, -0.1) is 0 Å². The maximum absolute atomic E-state index is 13.2. The molecule has 3 aromatic heterocycles. The molecule has 4 heterocycles. The summed E-state index contributed by atoms with van der Waals surface area (Å²) in [5, 5.41) is 5.40. The van der Waals surface area contributed by atoms with Gasteiger partial charge in [0.15, 0.2) is 0 Å². The number of hydrogen-bond acceptors (Lipinski definition) is 4. The first-order valence-corrected chi connectivity index (χ1v) is 11.2. The van der Waals surface area contributed by atoms with Crippen molar-refractivity contribution in [3.63, 3.8) is 0 Å². The second kappa shape index (κ2) is 8.91. The third-order valence-corrected chi connectivity index (χ3v) is 6.37. The van der Waals surface area contributed by atoms with Crippen LogP contribution < -0.4 is 0 Å². The number of hydrogen-bond donors (Lipinski definition) is 0. The summed E-state index contributed by atoms with van der Waals surface area (Å²) in [6.07, 6.45) is 11.4. The molecule has 1 aliphatic rings. The Kier molecular flexibility index (Phi) is 5.67. The van der Waals surface area contributed by atoms with E-state index in [0.29, 0.717) is 11.5 Å². The van der Waals surface area contributed by atoms with E-state index in [9.17, 15) is 4.79 Å². The van der Waals surface area contributed by atoms with Crippen LogP contribution in [0.2, 0.25) is 0 Å². The summed E-state index contributed by atoms with van der Waals surface area (Å²) < 4.78 is 1.74. The number of aryl methyl sites for hydroxylation is 1. The van der Waals surface area contributed by atoms with Crippen LogP contribution in [-0.4, -0.2) is 43.6 Å². The van der Waals surface area contributed by atoms with Crippen molar-refractivity contribution in [3.8, 4) is 11.3 Å². The fourth-order valence-corrected chi connectivity index (χ4v) is 4.67. The molecule has 4 aromatic rings. The van der Waals surface area contributed by atoms with Crippen molar-refractivity contribution in [2.24, 2.45) is 13.0 Å². The minimum Gasteiger partial charge on any atom is -0.339 e. The Bertz CT molecular complexity index is 1240. The van der Waals surface area contributed by atoms with Crippen LogP contribution in [0.15, 0.2) is 67.3 Å². The fraction of sp³-hybridized carbons (Fsp3) is 0.308. The van der Waals surface area contributed by atoms with E-state index in [1.54, 1.807) is 17.1 Å². The molecule has 32 heavy (non-hydrogen) atoms. The van der Waals surface area contributed by atoms with Gasteiger partial charge in [0.2, 0.25) is 0 Å². The smallest absolute Gasteiger partial charge is 0.253 e. The highest BCUT2D eigenvalue weighted by molar-refractivity contribution is 5.95. The van der Waals surface area contributed by atoms with Crippen molar-refractivity contribution in [1.82, 2.24) is 24.6 Å². The molecule has 1 aliphatic heterocycles. The zero-order valence-corrected chi connectivity index (χ0v) is 18.3. The zero-order valence-electron chi connectivity index (χ0n) is 18.3. The van der Waals surface area contributed by atoms with E-state index in [1.807, 2.05) is 42.5 Å². The Labute approximate surface area is 187 Å². The lowest BCUT2D eigenvalue weighted by atomic mass is 9.91. The summed E-state index contributed by atoms with van der Waals surface area (Å²) in [6, 6.07) is 14.2. The number of para-hydroxylation sites is 1. The third kappa shape index (κ3) is 4.26. The molecule has 0 aliphatic carbocycles. The summed E-state index contributed by atoms with van der Waals surface area (Å²) in [6.45, 7) is 1.58. The van der Waals surface area contributed by atoms with Gasteiger partial charge in [0.05, 0.1) is 17.4 Å². The van der Waals surface area contributed by atoms with E-state index in [1.165, 1.54) is 10.9 Å². The molecule has 0 radical (unpaired) electrons. The molecular formula is C26H27N5O. The highest BCUT2D eigenvalue weighted by Crippen LogP contribution is 2.26. The average Bonchev–Trinajstić information content (AvgIpc) is 3.13. The summed E-state index contributed by atoms with van der Waals surface area (Å²) in [5.74, 6) is 0.647. The third-order valence-electron chi connectivity index (χ3n) is 6.37. The number of pyridine rings is 2. The van der Waals surface area contributed by atoms with E-state index in [2.05, 4.69) is 39.3 Å². The predicted octanol–water partition coefficient (Wildman–Crippen LogP) is 4.52. The number of nitrogens with zero attached hydrogens (tertiary/aromatic N) is 5. The monoisotopic (exact) mass is 425 g/mol. The van der Waals surface area contributed by atoms with Crippen LogP contribution in [0.4, 0.5) is 0 Å². The molecule has 0 unspecified atom stereocenters. The van der Waals surface area contributed by atoms with Crippen LogP contribution in [0, 0.1) is 5.92 Å². The number of carbonyl (C=O) groups is 1. The van der Waals surface area contributed by atoms with Crippen molar-refractivity contribution in [1.29, 1.82) is 0 Å². The van der Waals surface area contributed by atoms with Crippen LogP contribution in [0.3, 0.4) is 0 Å². The van der Waals surface area contributed by atoms with Gasteiger partial charge < -0.3 is 4.90 Å². The Morgan fingerprint density at radius 1 is 1.06 bits per heavy atom. The van der Waals surface area contributed by atoms with Crippen LogP contribution >= 0.6 is 0 Å². The first-order chi connectivity index (χ1) is 15.7. The standard InChI is InChI=1S/C26H27N5O/c1-30-18-23(17-29-30)24-16-22(9-12-27-24)26(32)31-13-4-5-19(10-14-31)15-21-7-2-6-20-8-3-11-28-25(20)21/h2-3,6-9,11-12,16-19H,4-5,10,13-15H2,1H3/t19-/m0/s1. The number of aromatic nitrogens is 4. The van der Waals surface area contributed by atoms with Gasteiger partial charge in [-0.25, -0.2) is 0 Å². The van der Waals surface area contributed by atoms with Gasteiger partial charge in [-0.2, -0.15) is 5.10 Å². The van der Waals surface area contributed by atoms with Crippen molar-refractivity contribution < 1.29 is 4.79 Å². The van der Waals surface area contributed by atoms with E-state index in [-0.39, 0.29) is 5.91 Å². The Morgan fingerprint density at radius 2 is 1.97 bits per heavy atom. The van der Waals surface area contributed by atoms with Crippen LogP contribution in [0.5, 0.6) is 0 Å². The molecule has 1 amide bonds. The second-order valence-corrected chi connectivity index (χ2v) is 8.62. The predicted molar refractivity (Wildman–Crippen MR) is 125 cm³/mol. The minimum absolute atomic E-state index is 0.0880. The lowest BCUT2D eigenvalue weighted by Gasteiger charge is -2.21. The number of benzene rings is 1. The lowest BCUT2D eigenvalue weighted by Crippen LogP contribution is -2.32. The Hall–Kier alpha value is -3.54. The van der Waals surface area contributed by atoms with E-state index in [0.717, 1.165) is 55.5 Å². The largest absolute Gasteiger partial charge is 0.339 e. The molecular weight excluding hydrogens is 398 g/mol. The van der Waals surface area contributed by atoms with Gasteiger partial charge in [-0.3, -0.25) is 19.4 Å². The lowest BCUT2D eigenvalue weighted by molar-refractivity contribution is 0.0760. The number of likely N-dealkylation sites (tertiary alicyclic amines) is 1. The minimum atomic E-state index is 0.0880. The van der Waals surface area contributed by atoms with Crippen LogP contribution in [0.25, 0.3) is 22.2 Å². The Morgan fingerprint density at radius 3 is 2.84 bits per heavy atom. The molecule has 0 spiro atoms. The quantitative estimate of drug-likeness (QED) is 0.482. The molecule has 1 saturated heterocycles. The summed E-state index contributed by atoms with van der Waals surface area (Å²) >= 11 is 0. The number of rotatable bonds is 4. The molecule has 0 bridgehead atoms. The van der Waals surface area contributed by atoms with Gasteiger partial charge in [0, 0.05) is 55.2 Å². The normalized spacial score (nSPS) is 16.8. The summed E-state index contributed by atoms with van der Waals surface area (Å²) in [7, 11) is 1.88. The van der Waals surface area contributed by atoms with E-state index in [4.69, 9.17) is 0 Å². The summed E-state index contributed by atoms with van der Waals surface area (Å²) in [4.78, 5) is 24.3. The number of fused-ring (bicyclic) bond motifs is 1. The molecule has 162 valence electrons. The molecule has 6 heteroatoms. The maximum Gasteiger partial charge on any atom is 0.253 e. The summed E-state index contributed by atoms with van der Waals surface area (Å²) in [5.41, 5.74) is 4.80. The first-order valence-electron chi connectivity index (χ1n) is 11.2. The highest BCUT2D eigenvalue weighted by atomic mass is 16.2. The van der Waals surface area contributed by atoms with Crippen LogP contribution in [0.1, 0.15) is 35.2 Å². The fourth-order valence-electron chi connectivity index (χ4n) is 4.67. The Balaban J connectivity index is 1.28. The molecule has 1 fully saturated rings. The van der Waals surface area contributed by atoms with Gasteiger partial charge in [0.25, 0.3) is 5.91 Å². The average molecular weight is 426 g/mol. The molecule has 0 saturated carbocycles. The molecule has 5 rings (SSSR count). The van der Waals surface area contributed by atoms with Gasteiger partial charge >= 0.3 is 0 Å². The first kappa shape index (κ1) is 20.4. The van der Waals surface area contributed by atoms with Gasteiger partial charge in [-0.05, 0) is 55.4 Å². The SMILES string of the molecule is Cn1cc(-c2cc(C(=O)N3CCC[C@H](Cc4cccc5cccnc45)CC3)ccn2)cn1. The molecule has 1 aromatic carbocycles.